The second-order valence-electron chi connectivity index (χ2n) is 6.32. The van der Waals surface area contributed by atoms with Gasteiger partial charge >= 0.3 is 0 Å². The van der Waals surface area contributed by atoms with Crippen molar-refractivity contribution in [1.29, 1.82) is 0 Å². The molecule has 0 atom stereocenters. The maximum Gasteiger partial charge on any atom is 0.269 e. The van der Waals surface area contributed by atoms with E-state index < -0.39 is 4.92 Å². The van der Waals surface area contributed by atoms with E-state index in [-0.39, 0.29) is 11.6 Å². The van der Waals surface area contributed by atoms with Crippen molar-refractivity contribution in [3.05, 3.63) is 86.1 Å². The second-order valence-corrected chi connectivity index (χ2v) is 7.32. The lowest BCUT2D eigenvalue weighted by molar-refractivity contribution is -0.384. The Balaban J connectivity index is 1.55. The van der Waals surface area contributed by atoms with Crippen LogP contribution in [0, 0.1) is 10.1 Å². The van der Waals surface area contributed by atoms with E-state index in [9.17, 15) is 14.9 Å². The fourth-order valence-corrected chi connectivity index (χ4v) is 4.13. The summed E-state index contributed by atoms with van der Waals surface area (Å²) < 4.78 is 0. The molecule has 1 amide bonds. The summed E-state index contributed by atoms with van der Waals surface area (Å²) in [6.07, 6.45) is 0.998. The number of amides is 1. The summed E-state index contributed by atoms with van der Waals surface area (Å²) in [5.41, 5.74) is 3.40. The highest BCUT2D eigenvalue weighted by Crippen LogP contribution is 2.32. The van der Waals surface area contributed by atoms with Crippen LogP contribution in [0.1, 0.15) is 20.8 Å². The lowest BCUT2D eigenvalue weighted by Gasteiger charge is -2.30. The van der Waals surface area contributed by atoms with Crippen LogP contribution in [0.15, 0.2) is 60.0 Å². The molecule has 0 radical (unpaired) electrons. The molecular weight excluding hydrogens is 362 g/mol. The topological polar surface area (TPSA) is 75.5 Å². The van der Waals surface area contributed by atoms with Crippen molar-refractivity contribution in [3.8, 4) is 0 Å². The molecule has 27 heavy (non-hydrogen) atoms. The fourth-order valence-electron chi connectivity index (χ4n) is 3.24. The smallest absolute Gasteiger partial charge is 0.269 e. The molecule has 3 aromatic rings. The molecule has 2 heterocycles. The Morgan fingerprint density at radius 3 is 2.67 bits per heavy atom. The standard InChI is InChI=1S/C20H17N3O3S/c24-20(14-5-7-16(8-6-14)23(25)26)21-17-3-1-2-4-18(17)22-11-9-19-15(13-22)10-12-27-19/h1-8,10,12H,9,11,13H2,(H,21,24). The number of benzene rings is 2. The number of thiophene rings is 1. The van der Waals surface area contributed by atoms with E-state index in [0.29, 0.717) is 5.56 Å². The van der Waals surface area contributed by atoms with Gasteiger partial charge in [-0.1, -0.05) is 12.1 Å². The van der Waals surface area contributed by atoms with Gasteiger partial charge in [-0.15, -0.1) is 11.3 Å². The number of rotatable bonds is 4. The van der Waals surface area contributed by atoms with E-state index in [2.05, 4.69) is 21.7 Å². The maximum absolute atomic E-state index is 12.6. The number of carbonyl (C=O) groups is 1. The summed E-state index contributed by atoms with van der Waals surface area (Å²) in [6, 6.07) is 15.5. The lowest BCUT2D eigenvalue weighted by Crippen LogP contribution is -2.30. The van der Waals surface area contributed by atoms with Gasteiger partial charge < -0.3 is 10.2 Å². The van der Waals surface area contributed by atoms with Crippen molar-refractivity contribution in [2.45, 2.75) is 13.0 Å². The monoisotopic (exact) mass is 379 g/mol. The average molecular weight is 379 g/mol. The Labute approximate surface area is 160 Å². The molecule has 0 fully saturated rings. The summed E-state index contributed by atoms with van der Waals surface area (Å²) in [7, 11) is 0. The van der Waals surface area contributed by atoms with Crippen molar-refractivity contribution >= 4 is 34.3 Å². The third-order valence-electron chi connectivity index (χ3n) is 4.64. The van der Waals surface area contributed by atoms with E-state index in [1.54, 1.807) is 11.3 Å². The van der Waals surface area contributed by atoms with Gasteiger partial charge in [0, 0.05) is 35.7 Å². The van der Waals surface area contributed by atoms with E-state index in [1.165, 1.54) is 34.7 Å². The third-order valence-corrected chi connectivity index (χ3v) is 5.66. The Kier molecular flexibility index (Phi) is 4.60. The van der Waals surface area contributed by atoms with Crippen molar-refractivity contribution in [2.24, 2.45) is 0 Å². The summed E-state index contributed by atoms with van der Waals surface area (Å²) in [5, 5.41) is 15.8. The van der Waals surface area contributed by atoms with Gasteiger partial charge in [0.2, 0.25) is 0 Å². The molecule has 7 heteroatoms. The number of anilines is 2. The number of nitrogens with zero attached hydrogens (tertiary/aromatic N) is 2. The zero-order chi connectivity index (χ0) is 18.8. The molecule has 1 aliphatic heterocycles. The van der Waals surface area contributed by atoms with Gasteiger partial charge in [-0.25, -0.2) is 0 Å². The molecule has 0 aliphatic carbocycles. The van der Waals surface area contributed by atoms with Crippen LogP contribution in [0.25, 0.3) is 0 Å². The number of fused-ring (bicyclic) bond motifs is 1. The number of non-ortho nitro benzene ring substituents is 1. The number of hydrogen-bond donors (Lipinski definition) is 1. The van der Waals surface area contributed by atoms with Crippen LogP contribution in [0.2, 0.25) is 0 Å². The van der Waals surface area contributed by atoms with Crippen LogP contribution in [0.3, 0.4) is 0 Å². The van der Waals surface area contributed by atoms with Crippen LogP contribution < -0.4 is 10.2 Å². The number of nitro benzene ring substituents is 1. The normalized spacial score (nSPS) is 13.1. The van der Waals surface area contributed by atoms with Crippen LogP contribution in [0.5, 0.6) is 0 Å². The maximum atomic E-state index is 12.6. The molecule has 136 valence electrons. The van der Waals surface area contributed by atoms with E-state index in [4.69, 9.17) is 0 Å². The fraction of sp³-hybridized carbons (Fsp3) is 0.150. The van der Waals surface area contributed by atoms with Gasteiger partial charge in [-0.2, -0.15) is 0 Å². The zero-order valence-electron chi connectivity index (χ0n) is 14.4. The molecule has 6 nitrogen and oxygen atoms in total. The number of nitrogens with one attached hydrogen (secondary N) is 1. The number of nitro groups is 1. The highest BCUT2D eigenvalue weighted by molar-refractivity contribution is 7.10. The van der Waals surface area contributed by atoms with Gasteiger partial charge in [-0.3, -0.25) is 14.9 Å². The van der Waals surface area contributed by atoms with Gasteiger partial charge in [-0.05, 0) is 47.7 Å². The molecule has 0 saturated heterocycles. The average Bonchev–Trinajstić information content (AvgIpc) is 3.16. The largest absolute Gasteiger partial charge is 0.365 e. The van der Waals surface area contributed by atoms with Crippen LogP contribution in [0.4, 0.5) is 17.1 Å². The highest BCUT2D eigenvalue weighted by atomic mass is 32.1. The molecule has 1 aliphatic rings. The van der Waals surface area contributed by atoms with Gasteiger partial charge in [0.1, 0.15) is 0 Å². The zero-order valence-corrected chi connectivity index (χ0v) is 15.2. The minimum atomic E-state index is -0.480. The van der Waals surface area contributed by atoms with Crippen LogP contribution in [-0.2, 0) is 13.0 Å². The molecule has 2 aromatic carbocycles. The lowest BCUT2D eigenvalue weighted by atomic mass is 10.1. The van der Waals surface area contributed by atoms with Crippen molar-refractivity contribution in [1.82, 2.24) is 0 Å². The van der Waals surface area contributed by atoms with Crippen molar-refractivity contribution < 1.29 is 9.72 Å². The first kappa shape index (κ1) is 17.2. The minimum Gasteiger partial charge on any atom is -0.365 e. The third kappa shape index (κ3) is 3.54. The molecule has 1 N–H and O–H groups in total. The summed E-state index contributed by atoms with van der Waals surface area (Å²) in [5.74, 6) is -0.287. The SMILES string of the molecule is O=C(Nc1ccccc1N1CCc2sccc2C1)c1ccc([N+](=O)[O-])cc1. The Morgan fingerprint density at radius 1 is 1.11 bits per heavy atom. The molecule has 0 spiro atoms. The highest BCUT2D eigenvalue weighted by Gasteiger charge is 2.20. The van der Waals surface area contributed by atoms with Crippen molar-refractivity contribution in [3.63, 3.8) is 0 Å². The number of hydrogen-bond acceptors (Lipinski definition) is 5. The van der Waals surface area contributed by atoms with E-state index in [1.807, 2.05) is 24.3 Å². The summed E-state index contributed by atoms with van der Waals surface area (Å²) in [6.45, 7) is 1.72. The Hall–Kier alpha value is -3.19. The van der Waals surface area contributed by atoms with Gasteiger partial charge in [0.05, 0.1) is 16.3 Å². The first-order valence-electron chi connectivity index (χ1n) is 8.57. The molecule has 0 bridgehead atoms. The van der Waals surface area contributed by atoms with Gasteiger partial charge in [0.25, 0.3) is 11.6 Å². The molecule has 4 rings (SSSR count). The Bertz CT molecular complexity index is 998. The van der Waals surface area contributed by atoms with Crippen molar-refractivity contribution in [2.75, 3.05) is 16.8 Å². The summed E-state index contributed by atoms with van der Waals surface area (Å²) in [4.78, 5) is 26.6. The quantitative estimate of drug-likeness (QED) is 0.536. The molecular formula is C20H17N3O3S. The number of para-hydroxylation sites is 2. The predicted octanol–water partition coefficient (Wildman–Crippen LogP) is 4.47. The van der Waals surface area contributed by atoms with E-state index in [0.717, 1.165) is 30.9 Å². The molecule has 1 aromatic heterocycles. The van der Waals surface area contributed by atoms with Crippen LogP contribution in [-0.4, -0.2) is 17.4 Å². The Morgan fingerprint density at radius 2 is 1.89 bits per heavy atom. The van der Waals surface area contributed by atoms with Crippen LogP contribution >= 0.6 is 11.3 Å². The minimum absolute atomic E-state index is 0.0353. The predicted molar refractivity (Wildman–Crippen MR) is 107 cm³/mol. The summed E-state index contributed by atoms with van der Waals surface area (Å²) >= 11 is 1.79. The molecule has 0 unspecified atom stereocenters. The first-order chi connectivity index (χ1) is 13.1. The van der Waals surface area contributed by atoms with E-state index >= 15 is 0 Å². The number of carbonyl (C=O) groups excluding carboxylic acids is 1. The first-order valence-corrected chi connectivity index (χ1v) is 9.45. The van der Waals surface area contributed by atoms with Gasteiger partial charge in [0.15, 0.2) is 0 Å². The second kappa shape index (κ2) is 7.20. The molecule has 0 saturated carbocycles.